The molecule has 0 amide bonds. The minimum Gasteiger partial charge on any atom is -0.486 e. The molecule has 0 fully saturated rings. The van der Waals surface area contributed by atoms with Gasteiger partial charge in [-0.05, 0) is 11.6 Å². The van der Waals surface area contributed by atoms with Crippen molar-refractivity contribution in [2.75, 3.05) is 20.3 Å². The van der Waals surface area contributed by atoms with E-state index < -0.39 is 12.0 Å². The van der Waals surface area contributed by atoms with E-state index in [1.807, 2.05) is 6.07 Å². The minimum absolute atomic E-state index is 0.181. The number of benzene rings is 1. The zero-order valence-electron chi connectivity index (χ0n) is 10.7. The minimum atomic E-state index is -1.04. The van der Waals surface area contributed by atoms with Gasteiger partial charge in [0.2, 0.25) is 0 Å². The summed E-state index contributed by atoms with van der Waals surface area (Å²) in [6.45, 7) is 1.30. The highest BCUT2D eigenvalue weighted by Crippen LogP contribution is 2.36. The molecule has 19 heavy (non-hydrogen) atoms. The van der Waals surface area contributed by atoms with E-state index >= 15 is 0 Å². The number of hydrogen-bond acceptors (Lipinski definition) is 5. The molecule has 2 rings (SSSR count). The maximum Gasteiger partial charge on any atom is 0.320 e. The summed E-state index contributed by atoms with van der Waals surface area (Å²) in [4.78, 5) is 10.9. The smallest absolute Gasteiger partial charge is 0.320 e. The van der Waals surface area contributed by atoms with Crippen LogP contribution in [0.5, 0.6) is 11.5 Å². The first-order chi connectivity index (χ1) is 9.13. The first-order valence-corrected chi connectivity index (χ1v) is 6.01. The van der Waals surface area contributed by atoms with Crippen LogP contribution >= 0.6 is 0 Å². The monoisotopic (exact) mass is 267 g/mol. The van der Waals surface area contributed by atoms with Crippen LogP contribution in [0.15, 0.2) is 12.1 Å². The molecule has 0 bridgehead atoms. The fourth-order valence-electron chi connectivity index (χ4n) is 2.04. The van der Waals surface area contributed by atoms with Gasteiger partial charge in [-0.1, -0.05) is 6.07 Å². The number of methoxy groups -OCH3 is 1. The van der Waals surface area contributed by atoms with Crippen molar-refractivity contribution in [3.63, 3.8) is 0 Å². The Hall–Kier alpha value is -1.79. The van der Waals surface area contributed by atoms with E-state index in [4.69, 9.17) is 25.1 Å². The van der Waals surface area contributed by atoms with Gasteiger partial charge in [0, 0.05) is 19.1 Å². The molecule has 6 heteroatoms. The fraction of sp³-hybridized carbons (Fsp3) is 0.462. The van der Waals surface area contributed by atoms with Crippen LogP contribution in [0.4, 0.5) is 0 Å². The van der Waals surface area contributed by atoms with Crippen molar-refractivity contribution in [1.29, 1.82) is 0 Å². The summed E-state index contributed by atoms with van der Waals surface area (Å²) < 4.78 is 16.2. The van der Waals surface area contributed by atoms with Crippen LogP contribution in [-0.4, -0.2) is 37.4 Å². The van der Waals surface area contributed by atoms with Crippen molar-refractivity contribution >= 4 is 5.97 Å². The molecule has 1 atom stereocenters. The molecule has 0 saturated heterocycles. The number of carboxylic acid groups (broad SMARTS) is 1. The van der Waals surface area contributed by atoms with Gasteiger partial charge < -0.3 is 25.1 Å². The van der Waals surface area contributed by atoms with Gasteiger partial charge >= 0.3 is 5.97 Å². The lowest BCUT2D eigenvalue weighted by atomic mass is 9.99. The molecule has 104 valence electrons. The summed E-state index contributed by atoms with van der Waals surface area (Å²) in [5.41, 5.74) is 7.22. The van der Waals surface area contributed by atoms with E-state index in [0.29, 0.717) is 31.3 Å². The van der Waals surface area contributed by atoms with Gasteiger partial charge in [-0.25, -0.2) is 0 Å². The van der Waals surface area contributed by atoms with Gasteiger partial charge in [0.1, 0.15) is 19.3 Å². The van der Waals surface area contributed by atoms with E-state index in [2.05, 4.69) is 0 Å². The Labute approximate surface area is 111 Å². The molecule has 1 aromatic rings. The Kier molecular flexibility index (Phi) is 4.24. The molecule has 1 unspecified atom stereocenters. The van der Waals surface area contributed by atoms with Gasteiger partial charge in [0.15, 0.2) is 11.5 Å². The number of nitrogens with two attached hydrogens (primary N) is 1. The lowest BCUT2D eigenvalue weighted by Crippen LogP contribution is -2.33. The van der Waals surface area contributed by atoms with Crippen molar-refractivity contribution in [3.8, 4) is 11.5 Å². The van der Waals surface area contributed by atoms with Crippen LogP contribution in [0.1, 0.15) is 11.1 Å². The van der Waals surface area contributed by atoms with Crippen molar-refractivity contribution < 1.29 is 24.1 Å². The largest absolute Gasteiger partial charge is 0.486 e. The number of carboxylic acids is 1. The molecular weight excluding hydrogens is 250 g/mol. The summed E-state index contributed by atoms with van der Waals surface area (Å²) >= 11 is 0. The average molecular weight is 267 g/mol. The lowest BCUT2D eigenvalue weighted by molar-refractivity contribution is -0.138. The van der Waals surface area contributed by atoms with E-state index in [0.717, 1.165) is 11.1 Å². The second-order valence-corrected chi connectivity index (χ2v) is 4.31. The third kappa shape index (κ3) is 2.97. The third-order valence-corrected chi connectivity index (χ3v) is 2.95. The van der Waals surface area contributed by atoms with Crippen molar-refractivity contribution in [1.82, 2.24) is 0 Å². The highest BCUT2D eigenvalue weighted by molar-refractivity contribution is 5.74. The Balaban J connectivity index is 2.37. The van der Waals surface area contributed by atoms with Gasteiger partial charge in [0.05, 0.1) is 6.61 Å². The molecule has 0 saturated carbocycles. The van der Waals surface area contributed by atoms with Crippen LogP contribution < -0.4 is 15.2 Å². The second-order valence-electron chi connectivity index (χ2n) is 4.31. The summed E-state index contributed by atoms with van der Waals surface area (Å²) in [6, 6.07) is 2.67. The average Bonchev–Trinajstić information content (AvgIpc) is 2.41. The Morgan fingerprint density at radius 2 is 2.21 bits per heavy atom. The topological polar surface area (TPSA) is 91.0 Å². The van der Waals surface area contributed by atoms with E-state index in [-0.39, 0.29) is 6.42 Å². The number of ether oxygens (including phenoxy) is 3. The van der Waals surface area contributed by atoms with Crippen LogP contribution in [-0.2, 0) is 22.6 Å². The molecule has 6 nitrogen and oxygen atoms in total. The molecule has 1 aliphatic heterocycles. The predicted octanol–water partition coefficient (Wildman–Crippen LogP) is 0.559. The predicted molar refractivity (Wildman–Crippen MR) is 67.5 cm³/mol. The molecule has 0 radical (unpaired) electrons. The summed E-state index contributed by atoms with van der Waals surface area (Å²) in [5, 5.41) is 8.94. The highest BCUT2D eigenvalue weighted by Gasteiger charge is 2.23. The van der Waals surface area contributed by atoms with E-state index in [1.54, 1.807) is 13.2 Å². The number of aliphatic carboxylic acids is 1. The lowest BCUT2D eigenvalue weighted by Gasteiger charge is -2.23. The summed E-state index contributed by atoms with van der Waals surface area (Å²) in [6.07, 6.45) is 0.181. The molecule has 0 spiro atoms. The van der Waals surface area contributed by atoms with Crippen LogP contribution in [0.3, 0.4) is 0 Å². The zero-order valence-corrected chi connectivity index (χ0v) is 10.7. The second kappa shape index (κ2) is 5.90. The molecule has 1 aliphatic rings. The number of fused-ring (bicyclic) bond motifs is 1. The Morgan fingerprint density at radius 3 is 2.89 bits per heavy atom. The third-order valence-electron chi connectivity index (χ3n) is 2.95. The quantitative estimate of drug-likeness (QED) is 0.810. The number of carbonyl (C=O) groups is 1. The molecular formula is C13H17NO5. The standard InChI is InChI=1S/C13H17NO5/c1-17-7-8-2-3-11-12(19-5-4-18-11)9(8)6-10(14)13(15)16/h2-3,10H,4-7,14H2,1H3,(H,15,16). The molecule has 0 aromatic heterocycles. The van der Waals surface area contributed by atoms with Crippen LogP contribution in [0.2, 0.25) is 0 Å². The SMILES string of the molecule is COCc1ccc2c(c1CC(N)C(=O)O)OCCO2. The van der Waals surface area contributed by atoms with Crippen molar-refractivity contribution in [2.45, 2.75) is 19.1 Å². The molecule has 0 aliphatic carbocycles. The zero-order chi connectivity index (χ0) is 13.8. The summed E-state index contributed by atoms with van der Waals surface area (Å²) in [7, 11) is 1.58. The molecule has 3 N–H and O–H groups in total. The number of rotatable bonds is 5. The van der Waals surface area contributed by atoms with Gasteiger partial charge in [0.25, 0.3) is 0 Å². The summed E-state index contributed by atoms with van der Waals surface area (Å²) in [5.74, 6) is 0.161. The van der Waals surface area contributed by atoms with Gasteiger partial charge in [-0.2, -0.15) is 0 Å². The Morgan fingerprint density at radius 1 is 1.47 bits per heavy atom. The first kappa shape index (κ1) is 13.6. The Bertz CT molecular complexity index is 474. The maximum atomic E-state index is 10.9. The number of hydrogen-bond donors (Lipinski definition) is 2. The van der Waals surface area contributed by atoms with Crippen molar-refractivity contribution in [3.05, 3.63) is 23.3 Å². The fourth-order valence-corrected chi connectivity index (χ4v) is 2.04. The maximum absolute atomic E-state index is 10.9. The van der Waals surface area contributed by atoms with E-state index in [9.17, 15) is 4.79 Å². The van der Waals surface area contributed by atoms with Crippen LogP contribution in [0.25, 0.3) is 0 Å². The highest BCUT2D eigenvalue weighted by atomic mass is 16.6. The van der Waals surface area contributed by atoms with Crippen molar-refractivity contribution in [2.24, 2.45) is 5.73 Å². The van der Waals surface area contributed by atoms with Gasteiger partial charge in [-0.15, -0.1) is 0 Å². The van der Waals surface area contributed by atoms with E-state index in [1.165, 1.54) is 0 Å². The first-order valence-electron chi connectivity index (χ1n) is 6.01. The van der Waals surface area contributed by atoms with Gasteiger partial charge in [-0.3, -0.25) is 4.79 Å². The molecule has 1 aromatic carbocycles. The normalized spacial score (nSPS) is 15.1. The van der Waals surface area contributed by atoms with Crippen LogP contribution in [0, 0.1) is 0 Å². The molecule has 1 heterocycles.